The highest BCUT2D eigenvalue weighted by molar-refractivity contribution is 9.10. The van der Waals surface area contributed by atoms with Gasteiger partial charge in [0, 0.05) is 26.8 Å². The summed E-state index contributed by atoms with van der Waals surface area (Å²) in [4.78, 5) is 22.9. The summed E-state index contributed by atoms with van der Waals surface area (Å²) < 4.78 is 5.82. The Kier molecular flexibility index (Phi) is 9.17. The van der Waals surface area contributed by atoms with E-state index in [1.807, 2.05) is 54.6 Å². The molecule has 5 nitrogen and oxygen atoms in total. The first kappa shape index (κ1) is 21.8. The largest absolute Gasteiger partial charge is 0.461 e. The van der Waals surface area contributed by atoms with E-state index in [4.69, 9.17) is 4.74 Å². The second kappa shape index (κ2) is 11.4. The van der Waals surface area contributed by atoms with Gasteiger partial charge in [0.1, 0.15) is 0 Å². The molecule has 8 heteroatoms. The molecule has 2 atom stereocenters. The summed E-state index contributed by atoms with van der Waals surface area (Å²) in [5.74, 6) is -0.000537. The molecule has 0 saturated heterocycles. The van der Waals surface area contributed by atoms with Crippen molar-refractivity contribution in [1.29, 1.82) is 0 Å². The van der Waals surface area contributed by atoms with Gasteiger partial charge < -0.3 is 4.74 Å². The van der Waals surface area contributed by atoms with Gasteiger partial charge >= 0.3 is 12.0 Å². The minimum atomic E-state index is -1.37. The van der Waals surface area contributed by atoms with Crippen molar-refractivity contribution >= 4 is 43.5 Å². The smallest absolute Gasteiger partial charge is 0.381 e. The maximum atomic E-state index is 12.0. The van der Waals surface area contributed by atoms with Crippen LogP contribution in [-0.4, -0.2) is 23.5 Å². The van der Waals surface area contributed by atoms with E-state index in [2.05, 4.69) is 15.9 Å². The van der Waals surface area contributed by atoms with E-state index < -0.39 is 16.9 Å². The van der Waals surface area contributed by atoms with E-state index in [1.54, 1.807) is 28.5 Å². The Hall–Kier alpha value is -1.51. The Morgan fingerprint density at radius 2 is 1.85 bits per heavy atom. The number of benzene rings is 2. The first-order chi connectivity index (χ1) is 13.0. The lowest BCUT2D eigenvalue weighted by molar-refractivity contribution is -0.511. The van der Waals surface area contributed by atoms with Crippen molar-refractivity contribution in [1.82, 2.24) is 0 Å². The fourth-order valence-electron chi connectivity index (χ4n) is 2.38. The normalized spacial score (nSPS) is 13.0. The maximum absolute atomic E-state index is 12.0. The third-order valence-electron chi connectivity index (χ3n) is 3.74. The van der Waals surface area contributed by atoms with Crippen LogP contribution in [0.25, 0.3) is 0 Å². The third kappa shape index (κ3) is 7.20. The van der Waals surface area contributed by atoms with Crippen molar-refractivity contribution in [2.45, 2.75) is 30.4 Å². The van der Waals surface area contributed by atoms with Crippen molar-refractivity contribution in [2.75, 3.05) is 6.61 Å². The molecule has 27 heavy (non-hydrogen) atoms. The van der Waals surface area contributed by atoms with Crippen LogP contribution in [-0.2, 0) is 15.3 Å². The summed E-state index contributed by atoms with van der Waals surface area (Å²) in [5, 5.41) is 11.2. The lowest BCUT2D eigenvalue weighted by Crippen LogP contribution is -2.32. The maximum Gasteiger partial charge on any atom is 0.381 e. The number of carbonyl (C=O) groups is 1. The first-order valence-electron chi connectivity index (χ1n) is 8.39. The average Bonchev–Trinajstić information content (AvgIpc) is 2.66. The van der Waals surface area contributed by atoms with Crippen LogP contribution < -0.4 is 0 Å². The molecule has 0 aliphatic rings. The molecule has 2 rings (SSSR count). The molecule has 144 valence electrons. The second-order valence-electron chi connectivity index (χ2n) is 5.67. The van der Waals surface area contributed by atoms with Crippen molar-refractivity contribution in [3.8, 4) is 0 Å². The van der Waals surface area contributed by atoms with Crippen molar-refractivity contribution in [3.63, 3.8) is 0 Å². The Morgan fingerprint density at radius 3 is 2.44 bits per heavy atom. The van der Waals surface area contributed by atoms with Crippen molar-refractivity contribution in [2.24, 2.45) is 0 Å². The van der Waals surface area contributed by atoms with Crippen LogP contribution in [0.15, 0.2) is 59.1 Å². The number of nitro groups is 1. The number of rotatable bonds is 10. The fraction of sp³-hybridized carbons (Fsp3) is 0.316. The van der Waals surface area contributed by atoms with Gasteiger partial charge in [-0.1, -0.05) is 80.0 Å². The summed E-state index contributed by atoms with van der Waals surface area (Å²) in [6, 6.07) is 16.3. The number of carbonyl (C=O) groups excluding carboxylic acids is 1. The van der Waals surface area contributed by atoms with Crippen molar-refractivity contribution < 1.29 is 14.5 Å². The molecular formula is C19H20BrNO4S2. The topological polar surface area (TPSA) is 69.4 Å². The number of nitrogens with zero attached hydrogens (tertiary/aromatic N) is 1. The highest BCUT2D eigenvalue weighted by Gasteiger charge is 2.35. The molecule has 0 saturated carbocycles. The van der Waals surface area contributed by atoms with E-state index in [0.29, 0.717) is 0 Å². The standard InChI is InChI=1S/C19H20BrNO4S2/c1-2-25-19(22)17(21(23)24)12-18(15-8-10-16(20)11-9-15)27-26-13-14-6-4-3-5-7-14/h3-11,17-18H,2,12-13H2,1H3. The summed E-state index contributed by atoms with van der Waals surface area (Å²) >= 11 is 3.40. The number of halogens is 1. The fourth-order valence-corrected chi connectivity index (χ4v) is 5.40. The highest BCUT2D eigenvalue weighted by atomic mass is 79.9. The van der Waals surface area contributed by atoms with Gasteiger partial charge in [-0.05, 0) is 30.2 Å². The van der Waals surface area contributed by atoms with E-state index >= 15 is 0 Å². The molecule has 0 aliphatic carbocycles. The zero-order chi connectivity index (χ0) is 19.6. The molecule has 2 aromatic carbocycles. The Bertz CT molecular complexity index is 743. The van der Waals surface area contributed by atoms with Gasteiger partial charge in [0.05, 0.1) is 6.61 Å². The number of esters is 1. The van der Waals surface area contributed by atoms with Crippen LogP contribution in [0, 0.1) is 10.1 Å². The van der Waals surface area contributed by atoms with Gasteiger partial charge in [-0.25, -0.2) is 4.79 Å². The third-order valence-corrected chi connectivity index (χ3v) is 7.02. The highest BCUT2D eigenvalue weighted by Crippen LogP contribution is 2.43. The quantitative estimate of drug-likeness (QED) is 0.193. The second-order valence-corrected chi connectivity index (χ2v) is 9.16. The van der Waals surface area contributed by atoms with Gasteiger partial charge in [-0.15, -0.1) is 0 Å². The van der Waals surface area contributed by atoms with Crippen LogP contribution in [0.2, 0.25) is 0 Å². The van der Waals surface area contributed by atoms with Crippen LogP contribution in [0.5, 0.6) is 0 Å². The monoisotopic (exact) mass is 469 g/mol. The molecule has 2 unspecified atom stereocenters. The first-order valence-corrected chi connectivity index (χ1v) is 11.6. The Morgan fingerprint density at radius 1 is 1.19 bits per heavy atom. The molecule has 0 N–H and O–H groups in total. The van der Waals surface area contributed by atoms with Gasteiger partial charge in [0.2, 0.25) is 0 Å². The minimum Gasteiger partial charge on any atom is -0.461 e. The summed E-state index contributed by atoms with van der Waals surface area (Å²) in [5.41, 5.74) is 2.13. The number of hydrogen-bond donors (Lipinski definition) is 0. The predicted octanol–water partition coefficient (Wildman–Crippen LogP) is 5.67. The van der Waals surface area contributed by atoms with Gasteiger partial charge in [0.15, 0.2) is 0 Å². The molecule has 0 amide bonds. The lowest BCUT2D eigenvalue weighted by atomic mass is 10.1. The van der Waals surface area contributed by atoms with E-state index in [9.17, 15) is 14.9 Å². The van der Waals surface area contributed by atoms with E-state index in [0.717, 1.165) is 15.8 Å². The molecule has 0 heterocycles. The van der Waals surface area contributed by atoms with E-state index in [1.165, 1.54) is 5.56 Å². The molecule has 0 aliphatic heterocycles. The van der Waals surface area contributed by atoms with Crippen LogP contribution >= 0.6 is 37.5 Å². The van der Waals surface area contributed by atoms with Crippen LogP contribution in [0.1, 0.15) is 29.7 Å². The van der Waals surface area contributed by atoms with Crippen LogP contribution in [0.3, 0.4) is 0 Å². The molecular weight excluding hydrogens is 450 g/mol. The lowest BCUT2D eigenvalue weighted by Gasteiger charge is -2.18. The molecule has 0 radical (unpaired) electrons. The summed E-state index contributed by atoms with van der Waals surface area (Å²) in [6.45, 7) is 1.77. The number of hydrogen-bond acceptors (Lipinski definition) is 6. The zero-order valence-electron chi connectivity index (χ0n) is 14.7. The summed E-state index contributed by atoms with van der Waals surface area (Å²) in [6.07, 6.45) is 0.0833. The van der Waals surface area contributed by atoms with Gasteiger partial charge in [-0.2, -0.15) is 0 Å². The Balaban J connectivity index is 2.11. The molecule has 0 spiro atoms. The minimum absolute atomic E-state index is 0.0833. The van der Waals surface area contributed by atoms with Gasteiger partial charge in [0.25, 0.3) is 0 Å². The summed E-state index contributed by atoms with van der Waals surface area (Å²) in [7, 11) is 3.17. The molecule has 0 bridgehead atoms. The Labute approximate surface area is 174 Å². The SMILES string of the molecule is CCOC(=O)C(CC(SSCc1ccccc1)c1ccc(Br)cc1)[N+](=O)[O-]. The van der Waals surface area contributed by atoms with Crippen molar-refractivity contribution in [3.05, 3.63) is 80.3 Å². The molecule has 0 fully saturated rings. The predicted molar refractivity (Wildman–Crippen MR) is 114 cm³/mol. The number of ether oxygens (including phenoxy) is 1. The van der Waals surface area contributed by atoms with Crippen LogP contribution in [0.4, 0.5) is 0 Å². The van der Waals surface area contributed by atoms with Gasteiger partial charge in [-0.3, -0.25) is 10.1 Å². The molecule has 2 aromatic rings. The molecule has 0 aromatic heterocycles. The zero-order valence-corrected chi connectivity index (χ0v) is 18.0. The average molecular weight is 470 g/mol. The van der Waals surface area contributed by atoms with E-state index in [-0.39, 0.29) is 18.3 Å².